The van der Waals surface area contributed by atoms with Crippen molar-refractivity contribution in [2.75, 3.05) is 30.3 Å². The highest BCUT2D eigenvalue weighted by Gasteiger charge is 2.25. The molecular formula is C25H33FN6O. The summed E-state index contributed by atoms with van der Waals surface area (Å²) in [4.78, 5) is 24.6. The number of benzene rings is 1. The van der Waals surface area contributed by atoms with Crippen molar-refractivity contribution in [3.63, 3.8) is 0 Å². The van der Waals surface area contributed by atoms with Gasteiger partial charge in [0, 0.05) is 44.5 Å². The summed E-state index contributed by atoms with van der Waals surface area (Å²) in [6.07, 6.45) is 4.17. The Morgan fingerprint density at radius 3 is 2.85 bits per heavy atom. The Bertz CT molecular complexity index is 1030. The molecule has 0 radical (unpaired) electrons. The van der Waals surface area contributed by atoms with E-state index in [4.69, 9.17) is 0 Å². The third kappa shape index (κ3) is 5.87. The third-order valence-corrected chi connectivity index (χ3v) is 5.94. The summed E-state index contributed by atoms with van der Waals surface area (Å²) in [7, 11) is 0. The molecule has 33 heavy (non-hydrogen) atoms. The van der Waals surface area contributed by atoms with Gasteiger partial charge in [0.2, 0.25) is 11.9 Å². The second-order valence-electron chi connectivity index (χ2n) is 10.2. The van der Waals surface area contributed by atoms with E-state index >= 15 is 0 Å². The third-order valence-electron chi connectivity index (χ3n) is 5.94. The van der Waals surface area contributed by atoms with E-state index in [-0.39, 0.29) is 23.2 Å². The van der Waals surface area contributed by atoms with Gasteiger partial charge in [-0.05, 0) is 47.6 Å². The monoisotopic (exact) mass is 452 g/mol. The molecule has 1 amide bonds. The average molecular weight is 453 g/mol. The maximum atomic E-state index is 14.4. The van der Waals surface area contributed by atoms with Crippen LogP contribution < -0.4 is 10.6 Å². The van der Waals surface area contributed by atoms with Crippen LogP contribution in [0.4, 0.5) is 21.8 Å². The van der Waals surface area contributed by atoms with Gasteiger partial charge >= 0.3 is 0 Å². The second kappa shape index (κ2) is 9.47. The first kappa shape index (κ1) is 23.2. The zero-order valence-electron chi connectivity index (χ0n) is 19.7. The quantitative estimate of drug-likeness (QED) is 0.637. The van der Waals surface area contributed by atoms with Crippen LogP contribution in [-0.2, 0) is 17.9 Å². The maximum Gasteiger partial charge on any atom is 0.246 e. The summed E-state index contributed by atoms with van der Waals surface area (Å²) in [6.45, 7) is 14.4. The summed E-state index contributed by atoms with van der Waals surface area (Å²) in [5.74, 6) is -0.148. The van der Waals surface area contributed by atoms with Gasteiger partial charge in [0.25, 0.3) is 0 Å². The lowest BCUT2D eigenvalue weighted by atomic mass is 9.96. The first-order valence-electron chi connectivity index (χ1n) is 11.5. The van der Waals surface area contributed by atoms with Crippen LogP contribution in [0.25, 0.3) is 0 Å². The number of carbonyl (C=O) groups excluding carboxylic acids is 1. The number of halogens is 1. The molecule has 2 aliphatic heterocycles. The highest BCUT2D eigenvalue weighted by molar-refractivity contribution is 5.87. The van der Waals surface area contributed by atoms with Crippen molar-refractivity contribution in [2.24, 2.45) is 5.41 Å². The first-order valence-corrected chi connectivity index (χ1v) is 11.5. The Kier molecular flexibility index (Phi) is 6.65. The van der Waals surface area contributed by atoms with Crippen molar-refractivity contribution in [1.29, 1.82) is 0 Å². The molecule has 3 heterocycles. The van der Waals surface area contributed by atoms with E-state index in [1.165, 1.54) is 23.4 Å². The van der Waals surface area contributed by atoms with Gasteiger partial charge in [0.1, 0.15) is 0 Å². The molecule has 0 bridgehead atoms. The SMILES string of the molecule is C=CC(=O)N1CCC[C@@H](Nc2nc(Nc3ccc4c(c3)CN(CC(C)(C)C)C4)ncc2F)C1. The maximum absolute atomic E-state index is 14.4. The zero-order valence-corrected chi connectivity index (χ0v) is 19.7. The number of hydrogen-bond acceptors (Lipinski definition) is 6. The molecule has 7 nitrogen and oxygen atoms in total. The van der Waals surface area contributed by atoms with Crippen LogP contribution in [0.1, 0.15) is 44.7 Å². The molecule has 1 atom stereocenters. The molecule has 176 valence electrons. The standard InChI is InChI=1S/C25H33FN6O/c1-5-22(33)32-10-6-7-20(15-32)28-23-21(26)12-27-24(30-23)29-19-9-8-17-13-31(14-18(17)11-19)16-25(2,3)4/h5,8-9,11-12,20H,1,6-7,10,13-16H2,2-4H3,(H2,27,28,29,30)/t20-/m1/s1. The van der Waals surface area contributed by atoms with Gasteiger partial charge in [-0.25, -0.2) is 9.37 Å². The first-order chi connectivity index (χ1) is 15.7. The topological polar surface area (TPSA) is 73.4 Å². The predicted molar refractivity (Wildman–Crippen MR) is 129 cm³/mol. The Balaban J connectivity index is 1.42. The van der Waals surface area contributed by atoms with Gasteiger partial charge in [-0.2, -0.15) is 4.98 Å². The molecule has 8 heteroatoms. The predicted octanol–water partition coefficient (Wildman–Crippen LogP) is 4.31. The van der Waals surface area contributed by atoms with Gasteiger partial charge in [-0.3, -0.25) is 9.69 Å². The summed E-state index contributed by atoms with van der Waals surface area (Å²) < 4.78 is 14.4. The van der Waals surface area contributed by atoms with Crippen LogP contribution in [0.2, 0.25) is 0 Å². The highest BCUT2D eigenvalue weighted by atomic mass is 19.1. The van der Waals surface area contributed by atoms with E-state index < -0.39 is 5.82 Å². The van der Waals surface area contributed by atoms with Crippen LogP contribution >= 0.6 is 0 Å². The fourth-order valence-corrected chi connectivity index (χ4v) is 4.60. The molecule has 0 aliphatic carbocycles. The number of aromatic nitrogens is 2. The summed E-state index contributed by atoms with van der Waals surface area (Å²) in [5.41, 5.74) is 3.76. The van der Waals surface area contributed by atoms with E-state index in [9.17, 15) is 9.18 Å². The lowest BCUT2D eigenvalue weighted by Crippen LogP contribution is -2.44. The van der Waals surface area contributed by atoms with E-state index in [1.807, 2.05) is 6.07 Å². The Hall–Kier alpha value is -3.00. The van der Waals surface area contributed by atoms with E-state index in [2.05, 4.69) is 65.0 Å². The second-order valence-corrected chi connectivity index (χ2v) is 10.2. The molecule has 2 N–H and O–H groups in total. The molecule has 2 aliphatic rings. The fourth-order valence-electron chi connectivity index (χ4n) is 4.60. The number of amides is 1. The molecule has 0 saturated carbocycles. The molecule has 4 rings (SSSR count). The van der Waals surface area contributed by atoms with Crippen molar-refractivity contribution < 1.29 is 9.18 Å². The number of hydrogen-bond donors (Lipinski definition) is 2. The van der Waals surface area contributed by atoms with E-state index in [1.54, 1.807) is 4.90 Å². The lowest BCUT2D eigenvalue weighted by molar-refractivity contribution is -0.127. The number of fused-ring (bicyclic) bond motifs is 1. The molecule has 2 aromatic rings. The lowest BCUT2D eigenvalue weighted by Gasteiger charge is -2.32. The van der Waals surface area contributed by atoms with Gasteiger partial charge in [0.05, 0.1) is 6.20 Å². The molecule has 1 fully saturated rings. The largest absolute Gasteiger partial charge is 0.363 e. The average Bonchev–Trinajstić information content (AvgIpc) is 3.15. The van der Waals surface area contributed by atoms with Gasteiger partial charge < -0.3 is 15.5 Å². The smallest absolute Gasteiger partial charge is 0.246 e. The molecule has 1 aromatic carbocycles. The normalized spacial score (nSPS) is 18.7. The zero-order chi connectivity index (χ0) is 23.6. The minimum absolute atomic E-state index is 0.0753. The van der Waals surface area contributed by atoms with E-state index in [0.29, 0.717) is 19.0 Å². The molecule has 0 spiro atoms. The summed E-state index contributed by atoms with van der Waals surface area (Å²) >= 11 is 0. The number of anilines is 3. The van der Waals surface area contributed by atoms with Gasteiger partial charge in [-0.15, -0.1) is 0 Å². The van der Waals surface area contributed by atoms with Crippen LogP contribution in [0.3, 0.4) is 0 Å². The number of piperidine rings is 1. The van der Waals surface area contributed by atoms with Crippen LogP contribution in [-0.4, -0.2) is 51.4 Å². The van der Waals surface area contributed by atoms with Crippen LogP contribution in [0, 0.1) is 11.2 Å². The minimum Gasteiger partial charge on any atom is -0.363 e. The number of nitrogens with zero attached hydrogens (tertiary/aromatic N) is 4. The molecule has 1 saturated heterocycles. The minimum atomic E-state index is -0.514. The molecule has 1 aromatic heterocycles. The van der Waals surface area contributed by atoms with Crippen molar-refractivity contribution in [1.82, 2.24) is 19.8 Å². The van der Waals surface area contributed by atoms with Crippen molar-refractivity contribution in [2.45, 2.75) is 52.7 Å². The van der Waals surface area contributed by atoms with Gasteiger partial charge in [-0.1, -0.05) is 33.4 Å². The van der Waals surface area contributed by atoms with Crippen LogP contribution in [0.15, 0.2) is 37.1 Å². The summed E-state index contributed by atoms with van der Waals surface area (Å²) in [5, 5.41) is 6.36. The molecule has 0 unspecified atom stereocenters. The Morgan fingerprint density at radius 2 is 2.09 bits per heavy atom. The van der Waals surface area contributed by atoms with Crippen molar-refractivity contribution in [3.05, 3.63) is 54.0 Å². The van der Waals surface area contributed by atoms with Crippen LogP contribution in [0.5, 0.6) is 0 Å². The Morgan fingerprint density at radius 1 is 1.30 bits per heavy atom. The molecular weight excluding hydrogens is 419 g/mol. The van der Waals surface area contributed by atoms with E-state index in [0.717, 1.165) is 38.2 Å². The fraction of sp³-hybridized carbons (Fsp3) is 0.480. The number of carbonyl (C=O) groups is 1. The number of rotatable bonds is 6. The Labute approximate surface area is 195 Å². The van der Waals surface area contributed by atoms with Crippen molar-refractivity contribution >= 4 is 23.4 Å². The highest BCUT2D eigenvalue weighted by Crippen LogP contribution is 2.29. The summed E-state index contributed by atoms with van der Waals surface area (Å²) in [6, 6.07) is 6.20. The van der Waals surface area contributed by atoms with Crippen molar-refractivity contribution in [3.8, 4) is 0 Å². The number of likely N-dealkylation sites (tertiary alicyclic amines) is 1. The van der Waals surface area contributed by atoms with Gasteiger partial charge in [0.15, 0.2) is 11.6 Å². The number of nitrogens with one attached hydrogen (secondary N) is 2.